The number of methoxy groups -OCH3 is 1. The second-order valence-corrected chi connectivity index (χ2v) is 19.0. The van der Waals surface area contributed by atoms with Crippen molar-refractivity contribution in [1.29, 1.82) is 0 Å². The second-order valence-electron chi connectivity index (χ2n) is 16.9. The maximum Gasteiger partial charge on any atom is 0.427 e. The van der Waals surface area contributed by atoms with Gasteiger partial charge in [0.1, 0.15) is 29.5 Å². The minimum absolute atomic E-state index is 0.141. The van der Waals surface area contributed by atoms with Gasteiger partial charge in [0.2, 0.25) is 33.3 Å². The molecule has 0 unspecified atom stereocenters. The van der Waals surface area contributed by atoms with E-state index in [1.54, 1.807) is 52.8 Å². The minimum atomic E-state index is -4.92. The zero-order valence-electron chi connectivity index (χ0n) is 32.6. The lowest BCUT2D eigenvalue weighted by Crippen LogP contribution is -2.60. The molecule has 0 bridgehead atoms. The lowest BCUT2D eigenvalue weighted by atomic mass is 9.85. The number of nitrogens with zero attached hydrogens (tertiary/aromatic N) is 2. The molecule has 1 aliphatic heterocycles. The van der Waals surface area contributed by atoms with Gasteiger partial charge in [0.15, 0.2) is 0 Å². The number of likely N-dealkylation sites (tertiary alicyclic amines) is 1. The van der Waals surface area contributed by atoms with Gasteiger partial charge in [-0.05, 0) is 62.0 Å². The van der Waals surface area contributed by atoms with Crippen LogP contribution in [0.5, 0.6) is 11.6 Å². The molecule has 3 aliphatic rings. The predicted molar refractivity (Wildman–Crippen MR) is 199 cm³/mol. The fraction of sp³-hybridized carbons (Fsp3) is 0.649. The molecule has 4 amide bonds. The Hall–Kier alpha value is -4.06. The van der Waals surface area contributed by atoms with Crippen LogP contribution in [0.4, 0.5) is 18.0 Å². The number of alkyl halides is 3. The van der Waals surface area contributed by atoms with Gasteiger partial charge >= 0.3 is 12.3 Å². The number of amides is 4. The Balaban J connectivity index is 1.47. The van der Waals surface area contributed by atoms with Gasteiger partial charge in [-0.1, -0.05) is 58.7 Å². The number of hydrogen-bond donors (Lipinski definition) is 3. The van der Waals surface area contributed by atoms with Crippen molar-refractivity contribution < 1.29 is 55.0 Å². The molecule has 2 aromatic rings. The number of carbonyl (C=O) groups is 4. The third-order valence-corrected chi connectivity index (χ3v) is 12.6. The molecule has 19 heteroatoms. The fourth-order valence-electron chi connectivity index (χ4n) is 6.87. The van der Waals surface area contributed by atoms with Crippen molar-refractivity contribution in [1.82, 2.24) is 25.2 Å². The Kier molecular flexibility index (Phi) is 11.6. The van der Waals surface area contributed by atoms with E-state index >= 15 is 0 Å². The van der Waals surface area contributed by atoms with E-state index in [1.165, 1.54) is 13.2 Å². The van der Waals surface area contributed by atoms with Crippen molar-refractivity contribution in [3.8, 4) is 11.6 Å². The molecule has 2 aliphatic carbocycles. The van der Waals surface area contributed by atoms with Crippen molar-refractivity contribution in [3.63, 3.8) is 0 Å². The highest BCUT2D eigenvalue weighted by atomic mass is 35.5. The standard InChI is InChI=1S/C37H49ClF3N5O9S/c1-9-20-17-36(20,31(49)45-56(51,52)19-35(7)13-14-35)44-29(47)24-15-21(54-25-16-26(53-8)42-27-22(25)11-10-12-23(27)38)18-46(24)30(48)28(33(2,3)4)43-32(50)55-34(5,6)37(39,40)41/h10-12,16,20-21,24,28H,9,13-15,17-19H2,1-8H3,(H,43,50)(H,44,47)(H,45,49)/t20-,21-,24+,28-,36-/m1/s1. The Labute approximate surface area is 328 Å². The summed E-state index contributed by atoms with van der Waals surface area (Å²) < 4.78 is 85.4. The number of hydrogen-bond acceptors (Lipinski definition) is 10. The number of halogens is 4. The molecule has 3 N–H and O–H groups in total. The smallest absolute Gasteiger partial charge is 0.427 e. The van der Waals surface area contributed by atoms with E-state index in [2.05, 4.69) is 20.3 Å². The largest absolute Gasteiger partial charge is 0.488 e. The van der Waals surface area contributed by atoms with Gasteiger partial charge in [0.05, 0.1) is 29.9 Å². The Bertz CT molecular complexity index is 2000. The van der Waals surface area contributed by atoms with Crippen LogP contribution in [0.15, 0.2) is 24.3 Å². The summed E-state index contributed by atoms with van der Waals surface area (Å²) in [6, 6.07) is 3.67. The SMILES string of the molecule is CC[C@@H]1C[C@]1(NC(=O)[C@@H]1C[C@@H](Oc2cc(OC)nc3c(Cl)cccc23)CN1C(=O)[C@@H](NC(=O)OC(C)(C)C(F)(F)F)C(C)(C)C)C(=O)NS(=O)(=O)CC1(C)CC1. The van der Waals surface area contributed by atoms with Gasteiger partial charge in [-0.25, -0.2) is 18.2 Å². The van der Waals surface area contributed by atoms with Crippen LogP contribution in [0, 0.1) is 16.7 Å². The lowest BCUT2D eigenvalue weighted by molar-refractivity contribution is -0.244. The van der Waals surface area contributed by atoms with Crippen LogP contribution in [0.1, 0.15) is 80.6 Å². The number of rotatable bonds is 13. The van der Waals surface area contributed by atoms with Crippen LogP contribution in [0.3, 0.4) is 0 Å². The Morgan fingerprint density at radius 1 is 1.11 bits per heavy atom. The molecule has 1 aromatic carbocycles. The van der Waals surface area contributed by atoms with Gasteiger partial charge < -0.3 is 29.7 Å². The van der Waals surface area contributed by atoms with E-state index in [1.807, 2.05) is 0 Å². The number of fused-ring (bicyclic) bond motifs is 1. The molecule has 5 rings (SSSR count). The molecule has 0 spiro atoms. The number of benzene rings is 1. The first-order valence-electron chi connectivity index (χ1n) is 18.3. The highest BCUT2D eigenvalue weighted by molar-refractivity contribution is 7.90. The summed E-state index contributed by atoms with van der Waals surface area (Å²) >= 11 is 6.42. The van der Waals surface area contributed by atoms with Crippen LogP contribution in [-0.4, -0.2) is 97.0 Å². The zero-order chi connectivity index (χ0) is 41.8. The molecular formula is C37H49ClF3N5O9S. The number of carbonyl (C=O) groups excluding carboxylic acids is 4. The van der Waals surface area contributed by atoms with Gasteiger partial charge in [-0.15, -0.1) is 0 Å². The van der Waals surface area contributed by atoms with Crippen molar-refractivity contribution >= 4 is 56.3 Å². The predicted octanol–water partition coefficient (Wildman–Crippen LogP) is 5.26. The lowest BCUT2D eigenvalue weighted by Gasteiger charge is -2.36. The van der Waals surface area contributed by atoms with Crippen LogP contribution in [0.2, 0.25) is 5.02 Å². The van der Waals surface area contributed by atoms with Crippen molar-refractivity contribution in [3.05, 3.63) is 29.3 Å². The van der Waals surface area contributed by atoms with Crippen LogP contribution in [-0.2, 0) is 29.1 Å². The summed E-state index contributed by atoms with van der Waals surface area (Å²) in [6.07, 6.45) is -5.50. The average Bonchev–Trinajstić information content (AvgIpc) is 3.94. The summed E-state index contributed by atoms with van der Waals surface area (Å²) in [5.41, 5.74) is -5.68. The third kappa shape index (κ3) is 9.21. The zero-order valence-corrected chi connectivity index (χ0v) is 34.1. The molecule has 1 aromatic heterocycles. The summed E-state index contributed by atoms with van der Waals surface area (Å²) in [5, 5.41) is 5.83. The van der Waals surface area contributed by atoms with E-state index in [4.69, 9.17) is 25.8 Å². The molecule has 5 atom stereocenters. The van der Waals surface area contributed by atoms with Crippen LogP contribution in [0.25, 0.3) is 10.9 Å². The molecule has 3 fully saturated rings. The Morgan fingerprint density at radius 3 is 2.32 bits per heavy atom. The maximum absolute atomic E-state index is 14.5. The monoisotopic (exact) mass is 831 g/mol. The first-order valence-corrected chi connectivity index (χ1v) is 20.3. The molecular weight excluding hydrogens is 783 g/mol. The summed E-state index contributed by atoms with van der Waals surface area (Å²) in [7, 11) is -2.64. The van der Waals surface area contributed by atoms with Gasteiger partial charge in [0, 0.05) is 17.9 Å². The van der Waals surface area contributed by atoms with Gasteiger partial charge in [-0.2, -0.15) is 13.2 Å². The average molecular weight is 832 g/mol. The first-order chi connectivity index (χ1) is 25.7. The summed E-state index contributed by atoms with van der Waals surface area (Å²) in [4.78, 5) is 61.0. The highest BCUT2D eigenvalue weighted by Gasteiger charge is 2.62. The fourth-order valence-corrected chi connectivity index (χ4v) is 8.83. The molecule has 56 heavy (non-hydrogen) atoms. The quantitative estimate of drug-likeness (QED) is 0.241. The number of ether oxygens (including phenoxy) is 3. The molecule has 2 saturated carbocycles. The summed E-state index contributed by atoms with van der Waals surface area (Å²) in [5.74, 6) is -2.76. The van der Waals surface area contributed by atoms with Crippen molar-refractivity contribution in [2.45, 2.75) is 116 Å². The third-order valence-electron chi connectivity index (χ3n) is 10.7. The highest BCUT2D eigenvalue weighted by Crippen LogP contribution is 2.48. The van der Waals surface area contributed by atoms with E-state index in [0.717, 1.165) is 4.90 Å². The van der Waals surface area contributed by atoms with Crippen LogP contribution < -0.4 is 24.8 Å². The van der Waals surface area contributed by atoms with Gasteiger partial charge in [0.25, 0.3) is 5.91 Å². The van der Waals surface area contributed by atoms with E-state index < -0.39 is 86.1 Å². The van der Waals surface area contributed by atoms with E-state index in [9.17, 15) is 40.8 Å². The number of alkyl carbamates (subject to hydrolysis) is 1. The van der Waals surface area contributed by atoms with E-state index in [0.29, 0.717) is 49.0 Å². The maximum atomic E-state index is 14.5. The van der Waals surface area contributed by atoms with E-state index in [-0.39, 0.29) is 36.8 Å². The van der Waals surface area contributed by atoms with Crippen molar-refractivity contribution in [2.24, 2.45) is 16.7 Å². The molecule has 310 valence electrons. The summed E-state index contributed by atoms with van der Waals surface area (Å²) in [6.45, 7) is 9.39. The normalized spacial score (nSPS) is 23.9. The number of sulfonamides is 1. The molecule has 1 saturated heterocycles. The molecule has 0 radical (unpaired) electrons. The molecule has 14 nitrogen and oxygen atoms in total. The Morgan fingerprint density at radius 2 is 1.77 bits per heavy atom. The topological polar surface area (TPSA) is 182 Å². The van der Waals surface area contributed by atoms with Crippen molar-refractivity contribution in [2.75, 3.05) is 19.4 Å². The first kappa shape index (κ1) is 43.1. The second kappa shape index (κ2) is 15.0. The number of nitrogens with one attached hydrogen (secondary N) is 3. The number of aromatic nitrogens is 1. The number of para-hydroxylation sites is 1. The minimum Gasteiger partial charge on any atom is -0.488 e. The molecule has 2 heterocycles. The number of pyridine rings is 1. The van der Waals surface area contributed by atoms with Crippen LogP contribution >= 0.6 is 11.6 Å². The van der Waals surface area contributed by atoms with Gasteiger partial charge in [-0.3, -0.25) is 19.1 Å².